The molecule has 126 valence electrons. The van der Waals surface area contributed by atoms with Crippen LogP contribution in [0.4, 0.5) is 0 Å². The predicted octanol–water partition coefficient (Wildman–Crippen LogP) is 6.52. The fourth-order valence-electron chi connectivity index (χ4n) is 2.58. The van der Waals surface area contributed by atoms with Crippen molar-refractivity contribution < 1.29 is 9.53 Å². The van der Waals surface area contributed by atoms with Gasteiger partial charge >= 0.3 is 5.97 Å². The molecule has 1 aromatic heterocycles. The van der Waals surface area contributed by atoms with Crippen molar-refractivity contribution in [2.45, 2.75) is 58.3 Å². The Kier molecular flexibility index (Phi) is 7.25. The monoisotopic (exact) mass is 355 g/mol. The quantitative estimate of drug-likeness (QED) is 0.410. The van der Waals surface area contributed by atoms with Crippen molar-refractivity contribution in [3.05, 3.63) is 28.4 Å². The van der Waals surface area contributed by atoms with Crippen LogP contribution in [0.1, 0.15) is 58.3 Å². The zero-order valence-corrected chi connectivity index (χ0v) is 15.0. The molecule has 0 aliphatic rings. The maximum absolute atomic E-state index is 11.9. The summed E-state index contributed by atoms with van der Waals surface area (Å²) in [5, 5.41) is 1.69. The van der Waals surface area contributed by atoms with E-state index in [1.165, 1.54) is 32.1 Å². The van der Waals surface area contributed by atoms with E-state index in [2.05, 4.69) is 11.9 Å². The molecule has 1 aromatic carbocycles. The summed E-state index contributed by atoms with van der Waals surface area (Å²) in [6.07, 6.45) is 10.4. The number of hydrogen-bond donors (Lipinski definition) is 1. The van der Waals surface area contributed by atoms with E-state index in [1.807, 2.05) is 0 Å². The summed E-state index contributed by atoms with van der Waals surface area (Å²) in [5.74, 6) is 0.303. The maximum atomic E-state index is 11.9. The lowest BCUT2D eigenvalue weighted by Crippen LogP contribution is -2.07. The first-order valence-electron chi connectivity index (χ1n) is 8.28. The number of carbonyl (C=O) groups excluding carboxylic acids is 1. The highest BCUT2D eigenvalue weighted by Gasteiger charge is 2.12. The number of aromatic nitrogens is 1. The number of fused-ring (bicyclic) bond motifs is 1. The molecule has 0 unspecified atom stereocenters. The molecule has 0 fully saturated rings. The average Bonchev–Trinajstić information content (AvgIpc) is 2.89. The number of benzene rings is 1. The number of carbonyl (C=O) groups is 1. The van der Waals surface area contributed by atoms with Gasteiger partial charge in [0.05, 0.1) is 15.6 Å². The first kappa shape index (κ1) is 18.2. The van der Waals surface area contributed by atoms with Crippen molar-refractivity contribution in [3.8, 4) is 5.75 Å². The van der Waals surface area contributed by atoms with E-state index in [-0.39, 0.29) is 5.97 Å². The lowest BCUT2D eigenvalue weighted by molar-refractivity contribution is -0.134. The van der Waals surface area contributed by atoms with Crippen LogP contribution < -0.4 is 4.74 Å². The summed E-state index contributed by atoms with van der Waals surface area (Å²) in [5.41, 5.74) is 0.804. The van der Waals surface area contributed by atoms with Gasteiger partial charge in [0, 0.05) is 18.0 Å². The number of ether oxygens (including phenoxy) is 1. The Morgan fingerprint density at radius 1 is 1.04 bits per heavy atom. The molecule has 1 heterocycles. The van der Waals surface area contributed by atoms with Crippen molar-refractivity contribution in [1.29, 1.82) is 0 Å². The summed E-state index contributed by atoms with van der Waals surface area (Å²) in [6.45, 7) is 2.21. The molecule has 23 heavy (non-hydrogen) atoms. The smallest absolute Gasteiger partial charge is 0.311 e. The van der Waals surface area contributed by atoms with Crippen LogP contribution in [-0.2, 0) is 4.79 Å². The first-order valence-corrected chi connectivity index (χ1v) is 9.04. The average molecular weight is 356 g/mol. The SMILES string of the molecule is CCCCCCCCCC(=O)Oc1c[nH]c2cc(Cl)c(Cl)cc12. The predicted molar refractivity (Wildman–Crippen MR) is 96.6 cm³/mol. The minimum Gasteiger partial charge on any atom is -0.424 e. The standard InChI is InChI=1S/C18H23Cl2NO2/c1-2-3-4-5-6-7-8-9-18(22)23-17-12-21-16-11-15(20)14(19)10-13(16)17/h10-12,21H,2-9H2,1H3. The van der Waals surface area contributed by atoms with Crippen molar-refractivity contribution >= 4 is 40.1 Å². The molecule has 0 spiro atoms. The van der Waals surface area contributed by atoms with Crippen LogP contribution in [0.5, 0.6) is 5.75 Å². The second-order valence-corrected chi connectivity index (χ2v) is 6.62. The normalized spacial score (nSPS) is 11.1. The summed E-state index contributed by atoms with van der Waals surface area (Å²) >= 11 is 12.0. The minimum atomic E-state index is -0.203. The third kappa shape index (κ3) is 5.43. The summed E-state index contributed by atoms with van der Waals surface area (Å²) in [4.78, 5) is 15.0. The second kappa shape index (κ2) is 9.19. The molecule has 3 nitrogen and oxygen atoms in total. The summed E-state index contributed by atoms with van der Waals surface area (Å²) in [7, 11) is 0. The van der Waals surface area contributed by atoms with Gasteiger partial charge in [0.15, 0.2) is 5.75 Å². The van der Waals surface area contributed by atoms with E-state index < -0.39 is 0 Å². The molecule has 0 radical (unpaired) electrons. The minimum absolute atomic E-state index is 0.203. The van der Waals surface area contributed by atoms with Gasteiger partial charge in [-0.3, -0.25) is 4.79 Å². The van der Waals surface area contributed by atoms with E-state index in [4.69, 9.17) is 27.9 Å². The number of H-pyrrole nitrogens is 1. The number of hydrogen-bond acceptors (Lipinski definition) is 2. The van der Waals surface area contributed by atoms with Crippen molar-refractivity contribution in [3.63, 3.8) is 0 Å². The highest BCUT2D eigenvalue weighted by Crippen LogP contribution is 2.33. The molecule has 0 aliphatic heterocycles. The highest BCUT2D eigenvalue weighted by molar-refractivity contribution is 6.42. The lowest BCUT2D eigenvalue weighted by atomic mass is 10.1. The molecular formula is C18H23Cl2NO2. The maximum Gasteiger partial charge on any atom is 0.311 e. The number of nitrogens with one attached hydrogen (secondary N) is 1. The van der Waals surface area contributed by atoms with Crippen molar-refractivity contribution in [1.82, 2.24) is 4.98 Å². The molecular weight excluding hydrogens is 333 g/mol. The van der Waals surface area contributed by atoms with E-state index in [0.29, 0.717) is 22.2 Å². The van der Waals surface area contributed by atoms with Gasteiger partial charge in [-0.2, -0.15) is 0 Å². The molecule has 2 rings (SSSR count). The highest BCUT2D eigenvalue weighted by atomic mass is 35.5. The molecule has 0 amide bonds. The fraction of sp³-hybridized carbons (Fsp3) is 0.500. The van der Waals surface area contributed by atoms with Gasteiger partial charge in [0.1, 0.15) is 0 Å². The summed E-state index contributed by atoms with van der Waals surface area (Å²) < 4.78 is 5.44. The second-order valence-electron chi connectivity index (χ2n) is 5.81. The Balaban J connectivity index is 1.78. The Bertz CT molecular complexity index is 652. The topological polar surface area (TPSA) is 42.1 Å². The third-order valence-corrected chi connectivity index (χ3v) is 4.62. The van der Waals surface area contributed by atoms with Gasteiger partial charge in [-0.25, -0.2) is 0 Å². The Labute approximate surface area is 147 Å². The van der Waals surface area contributed by atoms with Gasteiger partial charge < -0.3 is 9.72 Å². The van der Waals surface area contributed by atoms with Crippen LogP contribution in [-0.4, -0.2) is 11.0 Å². The molecule has 0 saturated heterocycles. The lowest BCUT2D eigenvalue weighted by Gasteiger charge is -2.04. The molecule has 0 bridgehead atoms. The molecule has 2 aromatic rings. The molecule has 1 N–H and O–H groups in total. The fourth-order valence-corrected chi connectivity index (χ4v) is 2.90. The molecule has 0 saturated carbocycles. The number of aromatic amines is 1. The van der Waals surface area contributed by atoms with Crippen LogP contribution in [0.15, 0.2) is 18.3 Å². The number of unbranched alkanes of at least 4 members (excludes halogenated alkanes) is 6. The van der Waals surface area contributed by atoms with E-state index in [0.717, 1.165) is 23.7 Å². The molecule has 5 heteroatoms. The third-order valence-electron chi connectivity index (χ3n) is 3.89. The van der Waals surface area contributed by atoms with E-state index in [1.54, 1.807) is 18.3 Å². The van der Waals surface area contributed by atoms with E-state index >= 15 is 0 Å². The number of halogens is 2. The van der Waals surface area contributed by atoms with E-state index in [9.17, 15) is 4.79 Å². The van der Waals surface area contributed by atoms with Gasteiger partial charge in [-0.1, -0.05) is 68.7 Å². The van der Waals surface area contributed by atoms with Crippen LogP contribution in [0.3, 0.4) is 0 Å². The first-order chi connectivity index (χ1) is 11.1. The van der Waals surface area contributed by atoms with Crippen molar-refractivity contribution in [2.24, 2.45) is 0 Å². The Morgan fingerprint density at radius 3 is 2.43 bits per heavy atom. The molecule has 0 atom stereocenters. The Morgan fingerprint density at radius 2 is 1.70 bits per heavy atom. The van der Waals surface area contributed by atoms with Crippen LogP contribution >= 0.6 is 23.2 Å². The zero-order valence-electron chi connectivity index (χ0n) is 13.5. The molecule has 0 aliphatic carbocycles. The van der Waals surface area contributed by atoms with Crippen LogP contribution in [0, 0.1) is 0 Å². The van der Waals surface area contributed by atoms with Gasteiger partial charge in [-0.15, -0.1) is 0 Å². The van der Waals surface area contributed by atoms with Crippen molar-refractivity contribution in [2.75, 3.05) is 0 Å². The van der Waals surface area contributed by atoms with Crippen LogP contribution in [0.25, 0.3) is 10.9 Å². The Hall–Kier alpha value is -1.19. The zero-order chi connectivity index (χ0) is 16.7. The van der Waals surface area contributed by atoms with Crippen LogP contribution in [0.2, 0.25) is 10.0 Å². The number of rotatable bonds is 9. The largest absolute Gasteiger partial charge is 0.424 e. The number of esters is 1. The van der Waals surface area contributed by atoms with Gasteiger partial charge in [0.2, 0.25) is 0 Å². The van der Waals surface area contributed by atoms with Gasteiger partial charge in [-0.05, 0) is 18.6 Å². The van der Waals surface area contributed by atoms with Gasteiger partial charge in [0.25, 0.3) is 0 Å². The summed E-state index contributed by atoms with van der Waals surface area (Å²) in [6, 6.07) is 3.44.